The van der Waals surface area contributed by atoms with E-state index in [2.05, 4.69) is 15.4 Å². The number of hydrogen-bond donors (Lipinski definition) is 2. The molecular weight excluding hydrogens is 598 g/mol. The molecule has 0 aliphatic heterocycles. The van der Waals surface area contributed by atoms with Gasteiger partial charge in [-0.1, -0.05) is 30.1 Å². The van der Waals surface area contributed by atoms with Crippen LogP contribution in [0.5, 0.6) is 0 Å². The van der Waals surface area contributed by atoms with Gasteiger partial charge in [-0.25, -0.2) is 8.78 Å². The fraction of sp³-hybridized carbons (Fsp3) is 0.577. The number of pyridine rings is 1. The quantitative estimate of drug-likeness (QED) is 0.252. The smallest absolute Gasteiger partial charge is 0.433 e. The number of carbonyl (C=O) groups excluding carboxylic acids is 2. The largest absolute Gasteiger partial charge is 0.481 e. The zero-order valence-electron chi connectivity index (χ0n) is 22.0. The third-order valence-corrected chi connectivity index (χ3v) is 8.80. The summed E-state index contributed by atoms with van der Waals surface area (Å²) in [6, 6.07) is -2.10. The maximum Gasteiger partial charge on any atom is 0.433 e. The van der Waals surface area contributed by atoms with Crippen molar-refractivity contribution in [1.82, 2.24) is 20.1 Å². The summed E-state index contributed by atoms with van der Waals surface area (Å²) in [5.41, 5.74) is -4.72. The highest BCUT2D eigenvalue weighted by molar-refractivity contribution is 6.39. The van der Waals surface area contributed by atoms with Crippen LogP contribution in [0.2, 0.25) is 10.0 Å². The molecule has 2 fully saturated rings. The Hall–Kier alpha value is -2.80. The number of aliphatic carboxylic acids is 1. The Morgan fingerprint density at radius 3 is 2.15 bits per heavy atom. The lowest BCUT2D eigenvalue weighted by Gasteiger charge is -2.49. The minimum Gasteiger partial charge on any atom is -0.481 e. The molecule has 0 radical (unpaired) electrons. The van der Waals surface area contributed by atoms with E-state index in [0.29, 0.717) is 4.68 Å². The van der Waals surface area contributed by atoms with Gasteiger partial charge in [-0.3, -0.25) is 24.0 Å². The van der Waals surface area contributed by atoms with Crippen LogP contribution in [-0.4, -0.2) is 49.5 Å². The maximum absolute atomic E-state index is 14.3. The molecule has 1 atom stereocenters. The van der Waals surface area contributed by atoms with Gasteiger partial charge in [-0.15, -0.1) is 0 Å². The van der Waals surface area contributed by atoms with Crippen molar-refractivity contribution in [2.45, 2.75) is 83.0 Å². The van der Waals surface area contributed by atoms with Gasteiger partial charge in [0, 0.05) is 37.7 Å². The molecule has 2 aliphatic rings. The van der Waals surface area contributed by atoms with E-state index < -0.39 is 83.2 Å². The highest BCUT2D eigenvalue weighted by Gasteiger charge is 2.58. The zero-order chi connectivity index (χ0) is 30.5. The van der Waals surface area contributed by atoms with Crippen molar-refractivity contribution >= 4 is 40.9 Å². The molecule has 0 aromatic carbocycles. The van der Waals surface area contributed by atoms with Gasteiger partial charge in [-0.05, 0) is 38.0 Å². The molecule has 0 bridgehead atoms. The summed E-state index contributed by atoms with van der Waals surface area (Å²) in [5.74, 6) is -6.06. The summed E-state index contributed by atoms with van der Waals surface area (Å²) < 4.78 is 71.4. The average molecular weight is 625 g/mol. The number of alkyl halides is 5. The molecular formula is C26H27Cl2F5N4O4. The number of ketones is 1. The fourth-order valence-electron chi connectivity index (χ4n) is 5.84. The number of amides is 1. The minimum atomic E-state index is -5.02. The molecule has 224 valence electrons. The van der Waals surface area contributed by atoms with E-state index in [1.54, 1.807) is 0 Å². The predicted molar refractivity (Wildman–Crippen MR) is 137 cm³/mol. The van der Waals surface area contributed by atoms with Gasteiger partial charge in [0.25, 0.3) is 5.91 Å². The van der Waals surface area contributed by atoms with Gasteiger partial charge >= 0.3 is 12.1 Å². The van der Waals surface area contributed by atoms with Crippen LogP contribution in [0.3, 0.4) is 0 Å². The number of hydrogen-bond acceptors (Lipinski definition) is 5. The lowest BCUT2D eigenvalue weighted by Crippen LogP contribution is -2.57. The van der Waals surface area contributed by atoms with Crippen LogP contribution in [0, 0.1) is 10.8 Å². The summed E-state index contributed by atoms with van der Waals surface area (Å²) in [5, 5.41) is 15.5. The first-order valence-electron chi connectivity index (χ1n) is 12.8. The van der Waals surface area contributed by atoms with E-state index in [-0.39, 0.29) is 41.3 Å². The van der Waals surface area contributed by atoms with Crippen molar-refractivity contribution < 1.29 is 41.4 Å². The molecule has 8 nitrogen and oxygen atoms in total. The Labute approximate surface area is 241 Å². The summed E-state index contributed by atoms with van der Waals surface area (Å²) in [7, 11) is 0. The van der Waals surface area contributed by atoms with Gasteiger partial charge in [-0.2, -0.15) is 18.3 Å². The van der Waals surface area contributed by atoms with E-state index in [4.69, 9.17) is 23.2 Å². The number of nitrogens with zero attached hydrogens (tertiary/aromatic N) is 3. The summed E-state index contributed by atoms with van der Waals surface area (Å²) >= 11 is 12.1. The van der Waals surface area contributed by atoms with Crippen LogP contribution in [0.4, 0.5) is 22.0 Å². The second-order valence-electron chi connectivity index (χ2n) is 11.4. The molecule has 2 heterocycles. The Bertz CT molecular complexity index is 1340. The number of carboxylic acid groups (broad SMARTS) is 1. The Balaban J connectivity index is 1.63. The third kappa shape index (κ3) is 6.20. The molecule has 1 unspecified atom stereocenters. The predicted octanol–water partition coefficient (Wildman–Crippen LogP) is 6.62. The van der Waals surface area contributed by atoms with Crippen LogP contribution < -0.4 is 5.32 Å². The number of aromatic nitrogens is 3. The molecule has 2 aromatic rings. The van der Waals surface area contributed by atoms with Gasteiger partial charge in [0.1, 0.15) is 0 Å². The molecule has 2 saturated carbocycles. The molecule has 15 heteroatoms. The van der Waals surface area contributed by atoms with Gasteiger partial charge in [0.05, 0.1) is 38.8 Å². The molecule has 0 spiro atoms. The Kier molecular flexibility index (Phi) is 8.20. The number of nitrogens with one attached hydrogen (secondary N) is 1. The van der Waals surface area contributed by atoms with Crippen molar-refractivity contribution in [2.75, 3.05) is 0 Å². The molecule has 41 heavy (non-hydrogen) atoms. The van der Waals surface area contributed by atoms with Gasteiger partial charge < -0.3 is 10.4 Å². The van der Waals surface area contributed by atoms with E-state index in [9.17, 15) is 41.4 Å². The third-order valence-electron chi connectivity index (χ3n) is 8.22. The van der Waals surface area contributed by atoms with Crippen molar-refractivity contribution in [3.63, 3.8) is 0 Å². The normalized spacial score (nSPS) is 24.3. The van der Waals surface area contributed by atoms with E-state index in [1.807, 2.05) is 0 Å². The molecule has 2 aliphatic carbocycles. The van der Waals surface area contributed by atoms with Crippen molar-refractivity contribution in [3.8, 4) is 0 Å². The van der Waals surface area contributed by atoms with Crippen molar-refractivity contribution in [2.24, 2.45) is 10.8 Å². The van der Waals surface area contributed by atoms with Crippen molar-refractivity contribution in [1.29, 1.82) is 0 Å². The monoisotopic (exact) mass is 624 g/mol. The molecule has 4 rings (SSSR count). The first-order chi connectivity index (χ1) is 18.9. The number of rotatable bonds is 8. The minimum absolute atomic E-state index is 0.0896. The lowest BCUT2D eigenvalue weighted by atomic mass is 9.62. The molecule has 2 aromatic heterocycles. The Morgan fingerprint density at radius 2 is 1.66 bits per heavy atom. The second kappa shape index (κ2) is 10.8. The number of carbonyl (C=O) groups is 3. The average Bonchev–Trinajstić information content (AvgIpc) is 3.29. The number of halogens is 7. The summed E-state index contributed by atoms with van der Waals surface area (Å²) in [6.07, 6.45) is -3.53. The van der Waals surface area contributed by atoms with Crippen LogP contribution in [0.1, 0.15) is 91.2 Å². The molecule has 2 N–H and O–H groups in total. The molecule has 1 amide bonds. The van der Waals surface area contributed by atoms with Crippen molar-refractivity contribution in [3.05, 3.63) is 45.5 Å². The van der Waals surface area contributed by atoms with E-state index in [1.165, 1.54) is 13.8 Å². The zero-order valence-corrected chi connectivity index (χ0v) is 23.5. The highest BCUT2D eigenvalue weighted by atomic mass is 35.5. The molecule has 0 saturated heterocycles. The highest BCUT2D eigenvalue weighted by Crippen LogP contribution is 2.54. The topological polar surface area (TPSA) is 114 Å². The van der Waals surface area contributed by atoms with Gasteiger partial charge in [0.15, 0.2) is 11.5 Å². The van der Waals surface area contributed by atoms with E-state index in [0.717, 1.165) is 18.6 Å². The fourth-order valence-corrected chi connectivity index (χ4v) is 6.41. The maximum atomic E-state index is 14.3. The van der Waals surface area contributed by atoms with Crippen LogP contribution >= 0.6 is 23.2 Å². The number of Topliss-reactive ketones (excluding diaryl/α,β-unsaturated/α-hetero) is 1. The van der Waals surface area contributed by atoms with E-state index >= 15 is 0 Å². The summed E-state index contributed by atoms with van der Waals surface area (Å²) in [6.45, 7) is 2.93. The SMILES string of the molecule is CC1(C(=O)O)CCC(n2ncc(C(=O)NC(CC(=O)c3c(Cl)cncc3Cl)C3(C)CC(F)(F)C3)c2C(F)(F)F)CC1. The van der Waals surface area contributed by atoms with Crippen LogP contribution in [0.25, 0.3) is 0 Å². The first-order valence-corrected chi connectivity index (χ1v) is 13.5. The van der Waals surface area contributed by atoms with Crippen LogP contribution in [-0.2, 0) is 11.0 Å². The second-order valence-corrected chi connectivity index (χ2v) is 12.3. The first kappa shape index (κ1) is 31.1. The summed E-state index contributed by atoms with van der Waals surface area (Å²) in [4.78, 5) is 41.7. The number of carboxylic acids is 1. The van der Waals surface area contributed by atoms with Crippen LogP contribution in [0.15, 0.2) is 18.6 Å². The Morgan fingerprint density at radius 1 is 1.10 bits per heavy atom. The standard InChI is InChI=1S/C26H27Cl2F5N4O4/c1-23(22(40)41)5-3-13(4-6-23)37-20(26(31,32)33)14(8-35-37)21(39)36-18(24(2)11-25(29,30)12-24)7-17(38)19-15(27)9-34-10-16(19)28/h8-10,13,18H,3-7,11-12H2,1-2H3,(H,36,39)(H,40,41). The van der Waals surface area contributed by atoms with Gasteiger partial charge in [0.2, 0.25) is 5.92 Å². The lowest BCUT2D eigenvalue weighted by molar-refractivity contribution is -0.164.